The van der Waals surface area contributed by atoms with Crippen molar-refractivity contribution in [3.05, 3.63) is 32.6 Å². The molecule has 20 heavy (non-hydrogen) atoms. The van der Waals surface area contributed by atoms with E-state index in [1.54, 1.807) is 0 Å². The number of aromatic nitrogens is 2. The summed E-state index contributed by atoms with van der Waals surface area (Å²) in [6.07, 6.45) is 3.28. The average molecular weight is 281 g/mol. The zero-order valence-corrected chi connectivity index (χ0v) is 12.6. The first-order valence-electron chi connectivity index (χ1n) is 6.96. The molecule has 0 radical (unpaired) electrons. The Labute approximate surface area is 118 Å². The van der Waals surface area contributed by atoms with Gasteiger partial charge in [-0.15, -0.1) is 0 Å². The van der Waals surface area contributed by atoms with E-state index in [4.69, 9.17) is 4.84 Å². The quantitative estimate of drug-likeness (QED) is 0.881. The van der Waals surface area contributed by atoms with Crippen LogP contribution < -0.4 is 11.2 Å². The second-order valence-electron chi connectivity index (χ2n) is 6.66. The van der Waals surface area contributed by atoms with Crippen LogP contribution in [0.5, 0.6) is 0 Å². The number of nitrogens with one attached hydrogen (secondary N) is 2. The summed E-state index contributed by atoms with van der Waals surface area (Å²) in [5, 5.41) is 2.00. The van der Waals surface area contributed by atoms with E-state index in [1.165, 1.54) is 12.5 Å². The highest BCUT2D eigenvalue weighted by atomic mass is 16.7. The monoisotopic (exact) mass is 281 g/mol. The van der Waals surface area contributed by atoms with Crippen LogP contribution in [0.15, 0.2) is 15.7 Å². The minimum atomic E-state index is -0.506. The molecule has 1 aliphatic heterocycles. The van der Waals surface area contributed by atoms with E-state index in [9.17, 15) is 9.59 Å². The Hall–Kier alpha value is -1.40. The molecular weight excluding hydrogens is 258 g/mol. The molecule has 0 aromatic carbocycles. The van der Waals surface area contributed by atoms with Crippen molar-refractivity contribution in [2.45, 2.75) is 64.6 Å². The summed E-state index contributed by atoms with van der Waals surface area (Å²) in [7, 11) is 0. The zero-order chi connectivity index (χ0) is 15.0. The largest absolute Gasteiger partial charge is 0.325 e. The van der Waals surface area contributed by atoms with E-state index in [0.29, 0.717) is 5.69 Å². The normalized spacial score (nSPS) is 21.8. The lowest BCUT2D eigenvalue weighted by atomic mass is 9.82. The minimum Gasteiger partial charge on any atom is -0.309 e. The Morgan fingerprint density at radius 3 is 2.30 bits per heavy atom. The van der Waals surface area contributed by atoms with Crippen molar-refractivity contribution in [2.24, 2.45) is 0 Å². The van der Waals surface area contributed by atoms with Gasteiger partial charge in [-0.2, -0.15) is 5.06 Å². The Bertz CT molecular complexity index is 542. The van der Waals surface area contributed by atoms with Gasteiger partial charge >= 0.3 is 5.69 Å². The van der Waals surface area contributed by atoms with Crippen molar-refractivity contribution >= 4 is 0 Å². The maximum absolute atomic E-state index is 11.3. The molecule has 112 valence electrons. The van der Waals surface area contributed by atoms with E-state index in [0.717, 1.165) is 12.8 Å². The topological polar surface area (TPSA) is 78.2 Å². The van der Waals surface area contributed by atoms with Crippen LogP contribution in [0.4, 0.5) is 0 Å². The fourth-order valence-corrected chi connectivity index (χ4v) is 3.06. The van der Waals surface area contributed by atoms with Crippen LogP contribution in [0.2, 0.25) is 0 Å². The first kappa shape index (κ1) is 15.0. The van der Waals surface area contributed by atoms with Gasteiger partial charge in [0.1, 0.15) is 6.61 Å². The van der Waals surface area contributed by atoms with Gasteiger partial charge in [0.15, 0.2) is 0 Å². The smallest absolute Gasteiger partial charge is 0.309 e. The summed E-state index contributed by atoms with van der Waals surface area (Å²) < 4.78 is 0. The first-order chi connectivity index (χ1) is 9.21. The molecular formula is C14H23N3O3. The van der Waals surface area contributed by atoms with Crippen LogP contribution in [0.1, 0.15) is 52.7 Å². The van der Waals surface area contributed by atoms with E-state index in [-0.39, 0.29) is 17.7 Å². The summed E-state index contributed by atoms with van der Waals surface area (Å²) in [6, 6.07) is 1.35. The van der Waals surface area contributed by atoms with Crippen molar-refractivity contribution < 1.29 is 4.84 Å². The number of hydrogen-bond donors (Lipinski definition) is 2. The fraction of sp³-hybridized carbons (Fsp3) is 0.714. The van der Waals surface area contributed by atoms with Crippen LogP contribution in [-0.4, -0.2) is 26.1 Å². The van der Waals surface area contributed by atoms with E-state index < -0.39 is 11.2 Å². The molecule has 0 spiro atoms. The highest BCUT2D eigenvalue weighted by Gasteiger charge is 2.42. The van der Waals surface area contributed by atoms with Gasteiger partial charge in [-0.3, -0.25) is 14.6 Å². The third-order valence-corrected chi connectivity index (χ3v) is 3.84. The lowest BCUT2D eigenvalue weighted by Crippen LogP contribution is -2.58. The number of rotatable bonds is 3. The Morgan fingerprint density at radius 2 is 1.75 bits per heavy atom. The average Bonchev–Trinajstić information content (AvgIpc) is 2.24. The summed E-state index contributed by atoms with van der Waals surface area (Å²) >= 11 is 0. The molecule has 0 atom stereocenters. The Balaban J connectivity index is 2.15. The van der Waals surface area contributed by atoms with Crippen LogP contribution in [0.3, 0.4) is 0 Å². The summed E-state index contributed by atoms with van der Waals surface area (Å²) in [6.45, 7) is 8.78. The van der Waals surface area contributed by atoms with Gasteiger partial charge in [0.2, 0.25) is 0 Å². The lowest BCUT2D eigenvalue weighted by molar-refractivity contribution is -0.288. The van der Waals surface area contributed by atoms with Gasteiger partial charge < -0.3 is 4.98 Å². The molecule has 1 aromatic rings. The van der Waals surface area contributed by atoms with Gasteiger partial charge in [-0.1, -0.05) is 0 Å². The third-order valence-electron chi connectivity index (χ3n) is 3.84. The molecule has 2 rings (SSSR count). The summed E-state index contributed by atoms with van der Waals surface area (Å²) in [4.78, 5) is 33.2. The minimum absolute atomic E-state index is 0.0662. The van der Waals surface area contributed by atoms with Crippen LogP contribution in [-0.2, 0) is 11.4 Å². The molecule has 1 fully saturated rings. The highest BCUT2D eigenvalue weighted by Crippen LogP contribution is 2.38. The molecule has 0 amide bonds. The zero-order valence-electron chi connectivity index (χ0n) is 12.6. The van der Waals surface area contributed by atoms with Gasteiger partial charge in [0.25, 0.3) is 5.56 Å². The molecule has 2 N–H and O–H groups in total. The molecule has 1 aliphatic rings. The SMILES string of the molecule is CC1(C)CCCC(C)(C)N1OCc1cc(=O)[nH]c(=O)[nH]1. The maximum Gasteiger partial charge on any atom is 0.325 e. The molecule has 0 bridgehead atoms. The molecule has 6 heteroatoms. The van der Waals surface area contributed by atoms with Crippen LogP contribution in [0, 0.1) is 0 Å². The standard InChI is InChI=1S/C14H23N3O3/c1-13(2)6-5-7-14(3,4)17(13)20-9-10-8-11(18)16-12(19)15-10/h8H,5-7,9H2,1-4H3,(H2,15,16,18,19). The highest BCUT2D eigenvalue weighted by molar-refractivity contribution is 4.97. The Morgan fingerprint density at radius 1 is 1.15 bits per heavy atom. The fourth-order valence-electron chi connectivity index (χ4n) is 3.06. The van der Waals surface area contributed by atoms with Crippen molar-refractivity contribution in [2.75, 3.05) is 0 Å². The van der Waals surface area contributed by atoms with Crippen molar-refractivity contribution in [1.29, 1.82) is 0 Å². The van der Waals surface area contributed by atoms with Crippen LogP contribution in [0.25, 0.3) is 0 Å². The summed E-state index contributed by atoms with van der Waals surface area (Å²) in [5.41, 5.74) is -0.569. The first-order valence-corrected chi connectivity index (χ1v) is 6.96. The van der Waals surface area contributed by atoms with Crippen molar-refractivity contribution in [3.8, 4) is 0 Å². The number of nitrogens with zero attached hydrogens (tertiary/aromatic N) is 1. The third kappa shape index (κ3) is 3.19. The van der Waals surface area contributed by atoms with Crippen molar-refractivity contribution in [1.82, 2.24) is 15.0 Å². The number of aromatic amines is 2. The number of H-pyrrole nitrogens is 2. The molecule has 0 aliphatic carbocycles. The van der Waals surface area contributed by atoms with Gasteiger partial charge in [0.05, 0.1) is 5.69 Å². The van der Waals surface area contributed by atoms with Crippen LogP contribution >= 0.6 is 0 Å². The molecule has 1 aromatic heterocycles. The molecule has 2 heterocycles. The molecule has 0 saturated carbocycles. The van der Waals surface area contributed by atoms with Gasteiger partial charge in [-0.25, -0.2) is 4.79 Å². The molecule has 1 saturated heterocycles. The van der Waals surface area contributed by atoms with Gasteiger partial charge in [-0.05, 0) is 47.0 Å². The maximum atomic E-state index is 11.3. The summed E-state index contributed by atoms with van der Waals surface area (Å²) in [5.74, 6) is 0. The van der Waals surface area contributed by atoms with E-state index in [2.05, 4.69) is 37.7 Å². The number of hydroxylamine groups is 2. The number of piperidine rings is 1. The van der Waals surface area contributed by atoms with Gasteiger partial charge in [0, 0.05) is 17.1 Å². The predicted molar refractivity (Wildman–Crippen MR) is 76.3 cm³/mol. The molecule has 6 nitrogen and oxygen atoms in total. The number of hydrogen-bond acceptors (Lipinski definition) is 4. The van der Waals surface area contributed by atoms with E-state index >= 15 is 0 Å². The lowest BCUT2D eigenvalue weighted by Gasteiger charge is -2.51. The second-order valence-corrected chi connectivity index (χ2v) is 6.66. The second kappa shape index (κ2) is 5.18. The van der Waals surface area contributed by atoms with E-state index in [1.807, 2.05) is 5.06 Å². The Kier molecular flexibility index (Phi) is 3.88. The van der Waals surface area contributed by atoms with Crippen molar-refractivity contribution in [3.63, 3.8) is 0 Å². The predicted octanol–water partition coefficient (Wildman–Crippen LogP) is 1.54. The molecule has 0 unspecified atom stereocenters.